The number of ether oxygens (including phenoxy) is 1. The van der Waals surface area contributed by atoms with E-state index >= 15 is 0 Å². The van der Waals surface area contributed by atoms with E-state index in [1.54, 1.807) is 7.11 Å². The number of amides is 1. The molecule has 5 heteroatoms. The number of carbonyl (C=O) groups is 1. The van der Waals surface area contributed by atoms with E-state index in [1.165, 1.54) is 12.8 Å². The summed E-state index contributed by atoms with van der Waals surface area (Å²) in [6.07, 6.45) is 3.28. The van der Waals surface area contributed by atoms with E-state index in [1.807, 2.05) is 42.5 Å². The summed E-state index contributed by atoms with van der Waals surface area (Å²) in [5, 5.41) is 3.97. The largest absolute Gasteiger partial charge is 0.496 e. The van der Waals surface area contributed by atoms with Crippen LogP contribution in [0, 0.1) is 5.92 Å². The molecule has 2 fully saturated rings. The van der Waals surface area contributed by atoms with Crippen molar-refractivity contribution in [3.8, 4) is 5.75 Å². The smallest absolute Gasteiger partial charge is 0.223 e. The van der Waals surface area contributed by atoms with Gasteiger partial charge in [-0.05, 0) is 56.0 Å². The third-order valence-corrected chi connectivity index (χ3v) is 6.33. The van der Waals surface area contributed by atoms with Crippen molar-refractivity contribution in [1.82, 2.24) is 10.2 Å². The summed E-state index contributed by atoms with van der Waals surface area (Å²) in [6, 6.07) is 16.1. The van der Waals surface area contributed by atoms with Crippen molar-refractivity contribution in [3.63, 3.8) is 0 Å². The molecule has 148 valence electrons. The summed E-state index contributed by atoms with van der Waals surface area (Å²) in [5.74, 6) is 1.28. The van der Waals surface area contributed by atoms with Crippen molar-refractivity contribution in [3.05, 3.63) is 64.7 Å². The van der Waals surface area contributed by atoms with Gasteiger partial charge in [0.25, 0.3) is 0 Å². The fourth-order valence-electron chi connectivity index (χ4n) is 4.36. The Morgan fingerprint density at radius 1 is 1.18 bits per heavy atom. The minimum atomic E-state index is 0.0248. The Bertz CT molecular complexity index is 835. The molecule has 0 radical (unpaired) electrons. The summed E-state index contributed by atoms with van der Waals surface area (Å²) >= 11 is 6.30. The van der Waals surface area contributed by atoms with Gasteiger partial charge < -0.3 is 10.1 Å². The van der Waals surface area contributed by atoms with Gasteiger partial charge in [0.15, 0.2) is 0 Å². The number of para-hydroxylation sites is 1. The molecular weight excluding hydrogens is 372 g/mol. The fraction of sp³-hybridized carbons (Fsp3) is 0.435. The van der Waals surface area contributed by atoms with Crippen LogP contribution in [0.15, 0.2) is 48.5 Å². The number of halogens is 1. The first-order valence-electron chi connectivity index (χ1n) is 10.1. The third-order valence-electron chi connectivity index (χ3n) is 5.98. The highest BCUT2D eigenvalue weighted by Gasteiger charge is 2.45. The van der Waals surface area contributed by atoms with Crippen LogP contribution in [-0.2, 0) is 4.79 Å². The predicted molar refractivity (Wildman–Crippen MR) is 112 cm³/mol. The molecule has 3 atom stereocenters. The lowest BCUT2D eigenvalue weighted by molar-refractivity contribution is -0.122. The maximum Gasteiger partial charge on any atom is 0.223 e. The number of rotatable bonds is 7. The Balaban J connectivity index is 1.43. The van der Waals surface area contributed by atoms with Crippen LogP contribution in [0.2, 0.25) is 5.02 Å². The summed E-state index contributed by atoms with van der Waals surface area (Å²) in [6.45, 7) is 2.72. The number of nitrogens with zero attached hydrogens (tertiary/aromatic N) is 1. The zero-order chi connectivity index (χ0) is 19.5. The van der Waals surface area contributed by atoms with E-state index in [2.05, 4.69) is 16.3 Å². The SMILES string of the molecule is COc1ccccc1C(CNC(=O)C1CC1c1ccccc1Cl)N1CCCC1. The lowest BCUT2D eigenvalue weighted by Gasteiger charge is -2.29. The van der Waals surface area contributed by atoms with Gasteiger partial charge in [-0.2, -0.15) is 0 Å². The lowest BCUT2D eigenvalue weighted by atomic mass is 10.0. The van der Waals surface area contributed by atoms with E-state index < -0.39 is 0 Å². The standard InChI is InChI=1S/C23H27ClN2O2/c1-28-22-11-5-3-9-17(22)21(26-12-6-7-13-26)15-25-23(27)19-14-18(19)16-8-2-4-10-20(16)24/h2-5,8-11,18-19,21H,6-7,12-15H2,1H3,(H,25,27). The Hall–Kier alpha value is -2.04. The average Bonchev–Trinajstić information content (AvgIpc) is 3.34. The molecule has 4 rings (SSSR count). The molecule has 1 saturated heterocycles. The molecule has 28 heavy (non-hydrogen) atoms. The Kier molecular flexibility index (Phi) is 5.88. The van der Waals surface area contributed by atoms with E-state index in [-0.39, 0.29) is 23.8 Å². The second kappa shape index (κ2) is 8.54. The van der Waals surface area contributed by atoms with Gasteiger partial charge in [0, 0.05) is 23.0 Å². The van der Waals surface area contributed by atoms with Crippen LogP contribution in [0.1, 0.15) is 42.3 Å². The molecule has 0 aromatic heterocycles. The Labute approximate surface area is 171 Å². The third kappa shape index (κ3) is 4.03. The minimum Gasteiger partial charge on any atom is -0.496 e. The van der Waals surface area contributed by atoms with Crippen LogP contribution in [0.5, 0.6) is 5.75 Å². The van der Waals surface area contributed by atoms with Gasteiger partial charge in [-0.15, -0.1) is 0 Å². The van der Waals surface area contributed by atoms with E-state index in [9.17, 15) is 4.79 Å². The molecule has 0 bridgehead atoms. The van der Waals surface area contributed by atoms with Gasteiger partial charge >= 0.3 is 0 Å². The number of hydrogen-bond donors (Lipinski definition) is 1. The second-order valence-electron chi connectivity index (χ2n) is 7.72. The van der Waals surface area contributed by atoms with Crippen LogP contribution >= 0.6 is 11.6 Å². The predicted octanol–water partition coefficient (Wildman–Crippen LogP) is 4.41. The number of likely N-dealkylation sites (tertiary alicyclic amines) is 1. The Morgan fingerprint density at radius 2 is 1.89 bits per heavy atom. The van der Waals surface area contributed by atoms with Crippen molar-refractivity contribution in [2.24, 2.45) is 5.92 Å². The van der Waals surface area contributed by atoms with Crippen LogP contribution in [0.4, 0.5) is 0 Å². The summed E-state index contributed by atoms with van der Waals surface area (Å²) in [7, 11) is 1.71. The molecule has 3 unspecified atom stereocenters. The molecule has 1 saturated carbocycles. The van der Waals surface area contributed by atoms with Crippen LogP contribution < -0.4 is 10.1 Å². The van der Waals surface area contributed by atoms with E-state index in [0.717, 1.165) is 41.4 Å². The van der Waals surface area contributed by atoms with Crippen LogP contribution in [0.25, 0.3) is 0 Å². The summed E-state index contributed by atoms with van der Waals surface area (Å²) < 4.78 is 5.59. The fourth-order valence-corrected chi connectivity index (χ4v) is 4.64. The van der Waals surface area contributed by atoms with Gasteiger partial charge in [0.1, 0.15) is 5.75 Å². The van der Waals surface area contributed by atoms with Crippen molar-refractivity contribution in [2.45, 2.75) is 31.2 Å². The monoisotopic (exact) mass is 398 g/mol. The van der Waals surface area contributed by atoms with Gasteiger partial charge in [-0.1, -0.05) is 48.0 Å². The van der Waals surface area contributed by atoms with Gasteiger partial charge in [0.2, 0.25) is 5.91 Å². The number of hydrogen-bond acceptors (Lipinski definition) is 3. The molecule has 1 heterocycles. The first-order valence-corrected chi connectivity index (χ1v) is 10.5. The first kappa shape index (κ1) is 19.3. The van der Waals surface area contributed by atoms with Crippen molar-refractivity contribution < 1.29 is 9.53 Å². The quantitative estimate of drug-likeness (QED) is 0.751. The second-order valence-corrected chi connectivity index (χ2v) is 8.12. The molecule has 1 aliphatic carbocycles. The highest BCUT2D eigenvalue weighted by molar-refractivity contribution is 6.31. The van der Waals surface area contributed by atoms with Crippen molar-refractivity contribution in [1.29, 1.82) is 0 Å². The molecule has 4 nitrogen and oxygen atoms in total. The zero-order valence-electron chi connectivity index (χ0n) is 16.2. The van der Waals surface area contributed by atoms with Crippen molar-refractivity contribution >= 4 is 17.5 Å². The average molecular weight is 399 g/mol. The topological polar surface area (TPSA) is 41.6 Å². The molecule has 2 aliphatic rings. The minimum absolute atomic E-state index is 0.0248. The molecule has 1 amide bonds. The lowest BCUT2D eigenvalue weighted by Crippen LogP contribution is -2.37. The number of benzene rings is 2. The summed E-state index contributed by atoms with van der Waals surface area (Å²) in [4.78, 5) is 15.3. The van der Waals surface area contributed by atoms with Crippen molar-refractivity contribution in [2.75, 3.05) is 26.7 Å². The molecule has 0 spiro atoms. The molecule has 2 aromatic rings. The van der Waals surface area contributed by atoms with E-state index in [0.29, 0.717) is 6.54 Å². The summed E-state index contributed by atoms with van der Waals surface area (Å²) in [5.41, 5.74) is 2.23. The molecular formula is C23H27ClN2O2. The molecule has 1 N–H and O–H groups in total. The normalized spacial score (nSPS) is 22.6. The van der Waals surface area contributed by atoms with Gasteiger partial charge in [-0.3, -0.25) is 9.69 Å². The maximum atomic E-state index is 12.8. The highest BCUT2D eigenvalue weighted by atomic mass is 35.5. The molecule has 2 aromatic carbocycles. The van der Waals surface area contributed by atoms with Crippen LogP contribution in [-0.4, -0.2) is 37.6 Å². The first-order chi connectivity index (χ1) is 13.7. The van der Waals surface area contributed by atoms with E-state index in [4.69, 9.17) is 16.3 Å². The zero-order valence-corrected chi connectivity index (χ0v) is 17.0. The highest BCUT2D eigenvalue weighted by Crippen LogP contribution is 2.49. The number of methoxy groups -OCH3 is 1. The molecule has 1 aliphatic heterocycles. The Morgan fingerprint density at radius 3 is 2.64 bits per heavy atom. The number of carbonyl (C=O) groups excluding carboxylic acids is 1. The van der Waals surface area contributed by atoms with Crippen LogP contribution in [0.3, 0.4) is 0 Å². The number of nitrogens with one attached hydrogen (secondary N) is 1. The van der Waals surface area contributed by atoms with Gasteiger partial charge in [0.05, 0.1) is 13.2 Å². The maximum absolute atomic E-state index is 12.8. The van der Waals surface area contributed by atoms with Gasteiger partial charge in [-0.25, -0.2) is 0 Å².